The van der Waals surface area contributed by atoms with Gasteiger partial charge in [0.2, 0.25) is 0 Å². The van der Waals surface area contributed by atoms with Gasteiger partial charge in [0.15, 0.2) is 0 Å². The minimum atomic E-state index is -0.753. The highest BCUT2D eigenvalue weighted by Crippen LogP contribution is 2.31. The Hall–Kier alpha value is -1.07. The number of halogens is 1. The molecule has 0 aliphatic carbocycles. The molecule has 4 N–H and O–H groups in total. The summed E-state index contributed by atoms with van der Waals surface area (Å²) in [6.45, 7) is 1.22. The normalized spacial score (nSPS) is 24.6. The Kier molecular flexibility index (Phi) is 3.16. The highest BCUT2D eigenvalue weighted by atomic mass is 79.9. The minimum Gasteiger partial charge on any atom is -0.481 e. The van der Waals surface area contributed by atoms with Crippen molar-refractivity contribution in [3.05, 3.63) is 28.2 Å². The highest BCUT2D eigenvalue weighted by Gasteiger charge is 2.33. The van der Waals surface area contributed by atoms with Crippen LogP contribution < -0.4 is 11.1 Å². The summed E-state index contributed by atoms with van der Waals surface area (Å²) in [4.78, 5) is 11.1. The van der Waals surface area contributed by atoms with E-state index in [1.807, 2.05) is 18.2 Å². The smallest absolute Gasteiger partial charge is 0.308 e. The van der Waals surface area contributed by atoms with E-state index in [1.165, 1.54) is 0 Å². The van der Waals surface area contributed by atoms with E-state index in [0.717, 1.165) is 10.0 Å². The van der Waals surface area contributed by atoms with Crippen LogP contribution in [-0.4, -0.2) is 24.2 Å². The van der Waals surface area contributed by atoms with E-state index >= 15 is 0 Å². The summed E-state index contributed by atoms with van der Waals surface area (Å²) >= 11 is 3.33. The lowest BCUT2D eigenvalue weighted by atomic mass is 9.89. The molecule has 1 aliphatic rings. The number of carboxylic acids is 1. The molecule has 86 valence electrons. The van der Waals surface area contributed by atoms with Crippen molar-refractivity contribution in [3.8, 4) is 0 Å². The van der Waals surface area contributed by atoms with E-state index in [1.54, 1.807) is 0 Å². The van der Waals surface area contributed by atoms with Crippen LogP contribution in [0.15, 0.2) is 22.7 Å². The summed E-state index contributed by atoms with van der Waals surface area (Å²) in [5.74, 6) is -1.11. The molecule has 1 aliphatic heterocycles. The van der Waals surface area contributed by atoms with Gasteiger partial charge in [-0.15, -0.1) is 0 Å². The standard InChI is InChI=1S/C11H13BrN2O2/c12-9-2-1-6(3-10(9)13)7-4-14-5-8(7)11(15)16/h1-3,7-8,14H,4-5,13H2,(H,15,16)/t7-,8+/m0/s1. The van der Waals surface area contributed by atoms with Gasteiger partial charge in [0, 0.05) is 29.2 Å². The van der Waals surface area contributed by atoms with Crippen molar-refractivity contribution in [2.75, 3.05) is 18.8 Å². The van der Waals surface area contributed by atoms with Crippen LogP contribution in [0.3, 0.4) is 0 Å². The molecule has 1 heterocycles. The lowest BCUT2D eigenvalue weighted by Crippen LogP contribution is -2.21. The SMILES string of the molecule is Nc1cc([C@@H]2CNC[C@H]2C(=O)O)ccc1Br. The van der Waals surface area contributed by atoms with E-state index < -0.39 is 5.97 Å². The Morgan fingerprint density at radius 3 is 2.88 bits per heavy atom. The zero-order chi connectivity index (χ0) is 11.7. The fourth-order valence-electron chi connectivity index (χ4n) is 2.08. The van der Waals surface area contributed by atoms with Crippen molar-refractivity contribution in [1.29, 1.82) is 0 Å². The maximum atomic E-state index is 11.1. The van der Waals surface area contributed by atoms with Gasteiger partial charge in [-0.3, -0.25) is 4.79 Å². The molecular weight excluding hydrogens is 272 g/mol. The molecule has 1 aromatic carbocycles. The molecule has 0 bridgehead atoms. The first kappa shape index (κ1) is 11.4. The second kappa shape index (κ2) is 4.43. The molecule has 2 atom stereocenters. The molecular formula is C11H13BrN2O2. The van der Waals surface area contributed by atoms with Gasteiger partial charge in [-0.1, -0.05) is 6.07 Å². The van der Waals surface area contributed by atoms with E-state index in [0.29, 0.717) is 18.8 Å². The van der Waals surface area contributed by atoms with E-state index in [-0.39, 0.29) is 11.8 Å². The number of rotatable bonds is 2. The number of nitrogen functional groups attached to an aromatic ring is 1. The Balaban J connectivity index is 2.29. The van der Waals surface area contributed by atoms with Gasteiger partial charge >= 0.3 is 5.97 Å². The first-order chi connectivity index (χ1) is 7.59. The van der Waals surface area contributed by atoms with Crippen LogP contribution in [0.1, 0.15) is 11.5 Å². The van der Waals surface area contributed by atoms with Crippen LogP contribution in [0.4, 0.5) is 5.69 Å². The van der Waals surface area contributed by atoms with Gasteiger partial charge in [0.25, 0.3) is 0 Å². The predicted octanol–water partition coefficient (Wildman–Crippen LogP) is 1.42. The topological polar surface area (TPSA) is 75.3 Å². The molecule has 16 heavy (non-hydrogen) atoms. The van der Waals surface area contributed by atoms with Crippen LogP contribution in [0, 0.1) is 5.92 Å². The fourth-order valence-corrected chi connectivity index (χ4v) is 2.33. The Labute approximate surface area is 102 Å². The van der Waals surface area contributed by atoms with Crippen molar-refractivity contribution in [1.82, 2.24) is 5.32 Å². The van der Waals surface area contributed by atoms with E-state index in [9.17, 15) is 4.79 Å². The van der Waals surface area contributed by atoms with Crippen molar-refractivity contribution < 1.29 is 9.90 Å². The van der Waals surface area contributed by atoms with Gasteiger partial charge in [-0.05, 0) is 33.6 Å². The van der Waals surface area contributed by atoms with E-state index in [2.05, 4.69) is 21.2 Å². The zero-order valence-electron chi connectivity index (χ0n) is 8.61. The summed E-state index contributed by atoms with van der Waals surface area (Å²) in [5, 5.41) is 12.2. The maximum absolute atomic E-state index is 11.1. The van der Waals surface area contributed by atoms with Gasteiger partial charge in [0.1, 0.15) is 0 Å². The molecule has 1 saturated heterocycles. The predicted molar refractivity (Wildman–Crippen MR) is 65.3 cm³/mol. The van der Waals surface area contributed by atoms with Crippen LogP contribution >= 0.6 is 15.9 Å². The first-order valence-electron chi connectivity index (χ1n) is 5.08. The van der Waals surface area contributed by atoms with Crippen LogP contribution in [0.25, 0.3) is 0 Å². The van der Waals surface area contributed by atoms with Crippen molar-refractivity contribution >= 4 is 27.6 Å². The number of nitrogens with one attached hydrogen (secondary N) is 1. The van der Waals surface area contributed by atoms with Gasteiger partial charge in [0.05, 0.1) is 5.92 Å². The number of nitrogens with two attached hydrogens (primary N) is 1. The summed E-state index contributed by atoms with van der Waals surface area (Å²) in [7, 11) is 0. The second-order valence-corrected chi connectivity index (χ2v) is 4.84. The molecule has 0 unspecified atom stereocenters. The van der Waals surface area contributed by atoms with Crippen molar-refractivity contribution in [2.24, 2.45) is 5.92 Å². The Morgan fingerprint density at radius 1 is 1.50 bits per heavy atom. The summed E-state index contributed by atoms with van der Waals surface area (Å²) in [6.07, 6.45) is 0. The van der Waals surface area contributed by atoms with Crippen LogP contribution in [0.2, 0.25) is 0 Å². The molecule has 0 amide bonds. The third-order valence-corrected chi connectivity index (χ3v) is 3.70. The number of hydrogen-bond donors (Lipinski definition) is 3. The summed E-state index contributed by atoms with van der Waals surface area (Å²) in [5.41, 5.74) is 7.43. The van der Waals surface area contributed by atoms with E-state index in [4.69, 9.17) is 10.8 Å². The third kappa shape index (κ3) is 2.05. The average Bonchev–Trinajstić information content (AvgIpc) is 2.71. The molecule has 1 fully saturated rings. The molecule has 0 spiro atoms. The quantitative estimate of drug-likeness (QED) is 0.718. The fraction of sp³-hybridized carbons (Fsp3) is 0.364. The lowest BCUT2D eigenvalue weighted by molar-refractivity contribution is -0.141. The number of aliphatic carboxylic acids is 1. The number of anilines is 1. The summed E-state index contributed by atoms with van der Waals surface area (Å²) < 4.78 is 0.842. The molecule has 1 aromatic rings. The molecule has 0 aromatic heterocycles. The number of carboxylic acid groups (broad SMARTS) is 1. The lowest BCUT2D eigenvalue weighted by Gasteiger charge is -2.15. The zero-order valence-corrected chi connectivity index (χ0v) is 10.2. The average molecular weight is 285 g/mol. The largest absolute Gasteiger partial charge is 0.481 e. The van der Waals surface area contributed by atoms with Crippen LogP contribution in [-0.2, 0) is 4.79 Å². The number of hydrogen-bond acceptors (Lipinski definition) is 3. The second-order valence-electron chi connectivity index (χ2n) is 3.99. The Bertz CT molecular complexity index is 422. The maximum Gasteiger partial charge on any atom is 0.308 e. The molecule has 2 rings (SSSR count). The third-order valence-electron chi connectivity index (χ3n) is 2.98. The molecule has 0 radical (unpaired) electrons. The summed E-state index contributed by atoms with van der Waals surface area (Å²) in [6, 6.07) is 5.63. The first-order valence-corrected chi connectivity index (χ1v) is 5.87. The van der Waals surface area contributed by atoms with Crippen molar-refractivity contribution in [2.45, 2.75) is 5.92 Å². The Morgan fingerprint density at radius 2 is 2.25 bits per heavy atom. The monoisotopic (exact) mass is 284 g/mol. The number of carbonyl (C=O) groups is 1. The van der Waals surface area contributed by atoms with Gasteiger partial charge in [-0.25, -0.2) is 0 Å². The number of benzene rings is 1. The molecule has 4 nitrogen and oxygen atoms in total. The van der Waals surface area contributed by atoms with Crippen molar-refractivity contribution in [3.63, 3.8) is 0 Å². The molecule has 0 saturated carbocycles. The van der Waals surface area contributed by atoms with Gasteiger partial charge < -0.3 is 16.2 Å². The van der Waals surface area contributed by atoms with Crippen LogP contribution in [0.5, 0.6) is 0 Å². The highest BCUT2D eigenvalue weighted by molar-refractivity contribution is 9.10. The van der Waals surface area contributed by atoms with Gasteiger partial charge in [-0.2, -0.15) is 0 Å². The molecule has 5 heteroatoms. The minimum absolute atomic E-state index is 0.00731.